The van der Waals surface area contributed by atoms with Crippen molar-refractivity contribution in [1.29, 1.82) is 0 Å². The molecule has 0 bridgehead atoms. The molecule has 138 valence electrons. The van der Waals surface area contributed by atoms with Gasteiger partial charge in [-0.2, -0.15) is 13.2 Å². The van der Waals surface area contributed by atoms with E-state index in [4.69, 9.17) is 16.3 Å². The van der Waals surface area contributed by atoms with Crippen LogP contribution in [0.25, 0.3) is 0 Å². The minimum absolute atomic E-state index is 0.0209. The summed E-state index contributed by atoms with van der Waals surface area (Å²) in [6, 6.07) is 4.45. The van der Waals surface area contributed by atoms with E-state index < -0.39 is 17.7 Å². The minimum atomic E-state index is -4.85. The molecular weight excluding hydrogens is 353 g/mol. The normalized spacial score (nSPS) is 21.4. The monoisotopic (exact) mass is 374 g/mol. The van der Waals surface area contributed by atoms with Crippen LogP contribution in [0.15, 0.2) is 42.0 Å². The third-order valence-corrected chi connectivity index (χ3v) is 5.18. The fraction of sp³-hybridized carbons (Fsp3) is 0.474. The van der Waals surface area contributed by atoms with E-state index in [2.05, 4.69) is 0 Å². The van der Waals surface area contributed by atoms with E-state index in [1.165, 1.54) is 44.4 Å². The largest absolute Gasteiger partial charge is 0.497 e. The van der Waals surface area contributed by atoms with Crippen LogP contribution in [0, 0.1) is 5.92 Å². The minimum Gasteiger partial charge on any atom is -0.497 e. The van der Waals surface area contributed by atoms with Gasteiger partial charge in [-0.25, -0.2) is 0 Å². The molecule has 0 radical (unpaired) electrons. The fourth-order valence-corrected chi connectivity index (χ4v) is 3.49. The van der Waals surface area contributed by atoms with Crippen LogP contribution in [0.5, 0.6) is 5.75 Å². The highest BCUT2D eigenvalue weighted by atomic mass is 35.5. The Morgan fingerprint density at radius 1 is 1.36 bits per heavy atom. The maximum absolute atomic E-state index is 13.9. The van der Waals surface area contributed by atoms with Crippen molar-refractivity contribution in [3.05, 3.63) is 52.6 Å². The summed E-state index contributed by atoms with van der Waals surface area (Å²) < 4.78 is 46.9. The number of halogens is 4. The van der Waals surface area contributed by atoms with Crippen LogP contribution in [0.2, 0.25) is 5.02 Å². The van der Waals surface area contributed by atoms with E-state index >= 15 is 0 Å². The fourth-order valence-electron chi connectivity index (χ4n) is 3.16. The van der Waals surface area contributed by atoms with E-state index in [1.54, 1.807) is 6.08 Å². The molecular formula is C19H22ClF3O2. The third kappa shape index (κ3) is 3.72. The standard InChI is InChI=1S/C19H22ClF3O2/c1-4-13-6-5-7-14(10-13)18(24,19(21,22)23)12(2)16-9-8-15(25-3)11-17(16)20/h5,7-13,24H,4,6H2,1-3H3. The molecule has 6 heteroatoms. The average Bonchev–Trinajstić information content (AvgIpc) is 2.59. The zero-order valence-corrected chi connectivity index (χ0v) is 15.2. The number of rotatable bonds is 5. The molecule has 3 atom stereocenters. The predicted molar refractivity (Wildman–Crippen MR) is 93.0 cm³/mol. The molecule has 1 aliphatic rings. The Hall–Kier alpha value is -1.46. The second-order valence-corrected chi connectivity index (χ2v) is 6.71. The number of ether oxygens (including phenoxy) is 1. The molecule has 1 aliphatic carbocycles. The molecule has 1 aromatic rings. The van der Waals surface area contributed by atoms with E-state index in [-0.39, 0.29) is 22.1 Å². The zero-order valence-electron chi connectivity index (χ0n) is 14.4. The van der Waals surface area contributed by atoms with Crippen molar-refractivity contribution in [3.8, 4) is 5.75 Å². The van der Waals surface area contributed by atoms with Crippen LogP contribution in [0.4, 0.5) is 13.2 Å². The number of hydrogen-bond acceptors (Lipinski definition) is 2. The summed E-state index contributed by atoms with van der Waals surface area (Å²) in [5.74, 6) is -0.857. The highest BCUT2D eigenvalue weighted by molar-refractivity contribution is 6.31. The maximum atomic E-state index is 13.9. The Labute approximate surface area is 150 Å². The van der Waals surface area contributed by atoms with Crippen molar-refractivity contribution in [1.82, 2.24) is 0 Å². The molecule has 0 spiro atoms. The summed E-state index contributed by atoms with van der Waals surface area (Å²) in [7, 11) is 1.45. The molecule has 2 rings (SSSR count). The second-order valence-electron chi connectivity index (χ2n) is 6.30. The SMILES string of the molecule is CCC1C=C(C(O)(C(C)c2ccc(OC)cc2Cl)C(F)(F)F)C=CC1. The summed E-state index contributed by atoms with van der Waals surface area (Å²) in [6.07, 6.45) is 1.12. The Morgan fingerprint density at radius 3 is 2.56 bits per heavy atom. The Balaban J connectivity index is 2.54. The summed E-state index contributed by atoms with van der Waals surface area (Å²) in [4.78, 5) is 0. The van der Waals surface area contributed by atoms with Crippen LogP contribution in [-0.2, 0) is 0 Å². The summed E-state index contributed by atoms with van der Waals surface area (Å²) >= 11 is 6.16. The van der Waals surface area contributed by atoms with Gasteiger partial charge in [0.25, 0.3) is 0 Å². The lowest BCUT2D eigenvalue weighted by Crippen LogP contribution is -2.51. The molecule has 0 heterocycles. The summed E-state index contributed by atoms with van der Waals surface area (Å²) in [6.45, 7) is 3.25. The first-order valence-corrected chi connectivity index (χ1v) is 8.54. The predicted octanol–water partition coefficient (Wildman–Crippen LogP) is 5.66. The number of methoxy groups -OCH3 is 1. The van der Waals surface area contributed by atoms with Crippen LogP contribution < -0.4 is 4.74 Å². The van der Waals surface area contributed by atoms with E-state index in [9.17, 15) is 18.3 Å². The van der Waals surface area contributed by atoms with Crippen molar-refractivity contribution in [2.45, 2.75) is 44.4 Å². The van der Waals surface area contributed by atoms with Crippen molar-refractivity contribution in [2.24, 2.45) is 5.92 Å². The lowest BCUT2D eigenvalue weighted by Gasteiger charge is -2.39. The highest BCUT2D eigenvalue weighted by Gasteiger charge is 2.59. The van der Waals surface area contributed by atoms with Crippen molar-refractivity contribution >= 4 is 11.6 Å². The third-order valence-electron chi connectivity index (χ3n) is 4.85. The maximum Gasteiger partial charge on any atom is 0.422 e. The quantitative estimate of drug-likeness (QED) is 0.720. The first-order chi connectivity index (χ1) is 11.6. The van der Waals surface area contributed by atoms with Gasteiger partial charge in [-0.15, -0.1) is 0 Å². The average molecular weight is 375 g/mol. The molecule has 0 aliphatic heterocycles. The van der Waals surface area contributed by atoms with Crippen molar-refractivity contribution in [3.63, 3.8) is 0 Å². The number of aliphatic hydroxyl groups is 1. The van der Waals surface area contributed by atoms with Crippen LogP contribution in [0.1, 0.15) is 38.2 Å². The smallest absolute Gasteiger partial charge is 0.422 e. The Kier molecular flexibility index (Phi) is 5.89. The lowest BCUT2D eigenvalue weighted by molar-refractivity contribution is -0.250. The lowest BCUT2D eigenvalue weighted by atomic mass is 9.74. The van der Waals surface area contributed by atoms with Crippen LogP contribution in [-0.4, -0.2) is 24.0 Å². The second kappa shape index (κ2) is 7.42. The van der Waals surface area contributed by atoms with Gasteiger partial charge in [0.05, 0.1) is 7.11 Å². The Bertz CT molecular complexity index is 682. The van der Waals surface area contributed by atoms with Gasteiger partial charge in [0.1, 0.15) is 5.75 Å². The summed E-state index contributed by atoms with van der Waals surface area (Å²) in [5.41, 5.74) is -2.93. The summed E-state index contributed by atoms with van der Waals surface area (Å²) in [5, 5.41) is 11.0. The van der Waals surface area contributed by atoms with Gasteiger partial charge in [0, 0.05) is 10.9 Å². The molecule has 2 nitrogen and oxygen atoms in total. The number of hydrogen-bond donors (Lipinski definition) is 1. The van der Waals surface area contributed by atoms with E-state index in [0.29, 0.717) is 18.6 Å². The van der Waals surface area contributed by atoms with Crippen LogP contribution in [0.3, 0.4) is 0 Å². The first-order valence-electron chi connectivity index (χ1n) is 8.16. The molecule has 25 heavy (non-hydrogen) atoms. The number of alkyl halides is 3. The number of allylic oxidation sites excluding steroid dienone is 2. The topological polar surface area (TPSA) is 29.5 Å². The van der Waals surface area contributed by atoms with Gasteiger partial charge >= 0.3 is 6.18 Å². The highest BCUT2D eigenvalue weighted by Crippen LogP contribution is 2.49. The van der Waals surface area contributed by atoms with E-state index in [1.807, 2.05) is 6.92 Å². The van der Waals surface area contributed by atoms with Gasteiger partial charge in [-0.05, 0) is 42.0 Å². The van der Waals surface area contributed by atoms with Crippen molar-refractivity contribution in [2.75, 3.05) is 7.11 Å². The Morgan fingerprint density at radius 2 is 2.04 bits per heavy atom. The number of benzene rings is 1. The van der Waals surface area contributed by atoms with Crippen LogP contribution >= 0.6 is 11.6 Å². The van der Waals surface area contributed by atoms with Crippen molar-refractivity contribution < 1.29 is 23.0 Å². The van der Waals surface area contributed by atoms with Gasteiger partial charge in [-0.1, -0.05) is 49.7 Å². The van der Waals surface area contributed by atoms with Gasteiger partial charge in [-0.3, -0.25) is 0 Å². The van der Waals surface area contributed by atoms with Gasteiger partial charge < -0.3 is 9.84 Å². The molecule has 0 fully saturated rings. The molecule has 0 saturated heterocycles. The first kappa shape index (κ1) is 19.9. The molecule has 0 aromatic heterocycles. The van der Waals surface area contributed by atoms with Gasteiger partial charge in [0.15, 0.2) is 5.60 Å². The molecule has 1 aromatic carbocycles. The molecule has 1 N–H and O–H groups in total. The molecule has 0 amide bonds. The van der Waals surface area contributed by atoms with E-state index in [0.717, 1.165) is 0 Å². The molecule has 3 unspecified atom stereocenters. The zero-order chi connectivity index (χ0) is 18.8. The molecule has 0 saturated carbocycles. The van der Waals surface area contributed by atoms with Gasteiger partial charge in [0.2, 0.25) is 0 Å².